The highest BCUT2D eigenvalue weighted by Gasteiger charge is 2.51. The Morgan fingerprint density at radius 2 is 1.68 bits per heavy atom. The molecule has 176 valence electrons. The highest BCUT2D eigenvalue weighted by Crippen LogP contribution is 2.55. The number of nitrogens with one attached hydrogen (secondary N) is 1. The van der Waals surface area contributed by atoms with Crippen molar-refractivity contribution in [2.75, 3.05) is 5.75 Å². The van der Waals surface area contributed by atoms with Crippen molar-refractivity contribution < 1.29 is 4.79 Å². The van der Waals surface area contributed by atoms with Crippen LogP contribution in [0, 0.1) is 24.7 Å². The summed E-state index contributed by atoms with van der Waals surface area (Å²) in [5.74, 6) is 2.72. The summed E-state index contributed by atoms with van der Waals surface area (Å²) in [6, 6.07) is 15.7. The van der Waals surface area contributed by atoms with E-state index in [9.17, 15) is 9.59 Å². The Balaban J connectivity index is 1.23. The topological polar surface area (TPSA) is 64.0 Å². The monoisotopic (exact) mass is 473 g/mol. The number of para-hydroxylation sites is 1. The van der Waals surface area contributed by atoms with Crippen LogP contribution < -0.4 is 10.9 Å². The minimum Gasteiger partial charge on any atom is -0.350 e. The number of amides is 1. The van der Waals surface area contributed by atoms with Crippen molar-refractivity contribution in [3.8, 4) is 0 Å². The maximum absolute atomic E-state index is 13.4. The number of hydrogen-bond acceptors (Lipinski definition) is 4. The summed E-state index contributed by atoms with van der Waals surface area (Å²) in [6.07, 6.45) is 7.49. The van der Waals surface area contributed by atoms with Crippen LogP contribution in [0.3, 0.4) is 0 Å². The maximum Gasteiger partial charge on any atom is 0.262 e. The Kier molecular flexibility index (Phi) is 5.51. The molecule has 3 aromatic rings. The molecule has 0 spiro atoms. The Labute approximate surface area is 204 Å². The molecule has 1 heterocycles. The highest BCUT2D eigenvalue weighted by atomic mass is 32.2. The summed E-state index contributed by atoms with van der Waals surface area (Å²) in [5, 5.41) is 4.66. The summed E-state index contributed by atoms with van der Waals surface area (Å²) in [6.45, 7) is 2.49. The van der Waals surface area contributed by atoms with E-state index in [1.54, 1.807) is 4.57 Å². The van der Waals surface area contributed by atoms with Crippen molar-refractivity contribution in [1.82, 2.24) is 14.9 Å². The van der Waals surface area contributed by atoms with E-state index in [1.807, 2.05) is 36.4 Å². The van der Waals surface area contributed by atoms with Crippen LogP contribution in [0.25, 0.3) is 10.9 Å². The number of carbonyl (C=O) groups is 1. The van der Waals surface area contributed by atoms with E-state index in [0.717, 1.165) is 42.6 Å². The fraction of sp³-hybridized carbons (Fsp3) is 0.464. The smallest absolute Gasteiger partial charge is 0.262 e. The van der Waals surface area contributed by atoms with Crippen LogP contribution >= 0.6 is 11.8 Å². The van der Waals surface area contributed by atoms with Gasteiger partial charge in [-0.05, 0) is 80.9 Å². The molecule has 7 rings (SSSR count). The van der Waals surface area contributed by atoms with Gasteiger partial charge in [-0.1, -0.05) is 53.7 Å². The van der Waals surface area contributed by atoms with Crippen molar-refractivity contribution in [1.29, 1.82) is 0 Å². The molecule has 0 radical (unpaired) electrons. The number of rotatable bonds is 6. The van der Waals surface area contributed by atoms with Crippen molar-refractivity contribution in [3.05, 3.63) is 70.0 Å². The van der Waals surface area contributed by atoms with E-state index in [1.165, 1.54) is 36.6 Å². The van der Waals surface area contributed by atoms with Gasteiger partial charge in [0.15, 0.2) is 5.16 Å². The van der Waals surface area contributed by atoms with Crippen molar-refractivity contribution in [3.63, 3.8) is 0 Å². The van der Waals surface area contributed by atoms with E-state index >= 15 is 0 Å². The van der Waals surface area contributed by atoms with Crippen molar-refractivity contribution in [2.45, 2.75) is 62.7 Å². The first-order valence-corrected chi connectivity index (χ1v) is 13.4. The van der Waals surface area contributed by atoms with E-state index in [2.05, 4.69) is 24.4 Å². The molecular formula is C28H31N3O2S. The Bertz CT molecular complexity index is 1260. The van der Waals surface area contributed by atoms with Gasteiger partial charge in [0.1, 0.15) is 0 Å². The molecule has 4 fully saturated rings. The van der Waals surface area contributed by atoms with Gasteiger partial charge in [-0.25, -0.2) is 4.98 Å². The number of benzene rings is 2. The van der Waals surface area contributed by atoms with Crippen LogP contribution in [0.15, 0.2) is 58.5 Å². The maximum atomic E-state index is 13.4. The molecule has 34 heavy (non-hydrogen) atoms. The number of nitrogens with zero attached hydrogens (tertiary/aromatic N) is 2. The molecule has 4 saturated carbocycles. The van der Waals surface area contributed by atoms with Gasteiger partial charge in [-0.3, -0.25) is 14.2 Å². The van der Waals surface area contributed by atoms with Gasteiger partial charge in [0, 0.05) is 5.54 Å². The third-order valence-electron chi connectivity index (χ3n) is 8.06. The first-order chi connectivity index (χ1) is 16.5. The molecular weight excluding hydrogens is 442 g/mol. The summed E-state index contributed by atoms with van der Waals surface area (Å²) >= 11 is 1.37. The molecule has 0 saturated heterocycles. The standard InChI is InChI=1S/C28H31N3O2S/c1-18-6-8-19(9-7-18)16-31-26(33)23-4-2-3-5-24(23)29-27(31)34-17-25(32)30-28-13-20-10-21(14-28)12-22(11-20)15-28/h2-9,20-22H,10-17H2,1H3,(H,30,32). The average Bonchev–Trinajstić information content (AvgIpc) is 2.80. The average molecular weight is 474 g/mol. The largest absolute Gasteiger partial charge is 0.350 e. The van der Waals surface area contributed by atoms with Gasteiger partial charge < -0.3 is 5.32 Å². The number of carbonyl (C=O) groups excluding carboxylic acids is 1. The molecule has 4 bridgehead atoms. The number of hydrogen-bond donors (Lipinski definition) is 1. The van der Waals surface area contributed by atoms with Gasteiger partial charge in [0.05, 0.1) is 23.2 Å². The second kappa shape index (κ2) is 8.56. The van der Waals surface area contributed by atoms with Gasteiger partial charge in [0.25, 0.3) is 5.56 Å². The predicted molar refractivity (Wildman–Crippen MR) is 136 cm³/mol. The molecule has 4 aliphatic rings. The fourth-order valence-corrected chi connectivity index (χ4v) is 7.80. The van der Waals surface area contributed by atoms with E-state index in [4.69, 9.17) is 4.98 Å². The van der Waals surface area contributed by atoms with Gasteiger partial charge in [0.2, 0.25) is 5.91 Å². The van der Waals surface area contributed by atoms with E-state index in [-0.39, 0.29) is 22.8 Å². The van der Waals surface area contributed by atoms with Crippen molar-refractivity contribution in [2.24, 2.45) is 17.8 Å². The molecule has 2 aromatic carbocycles. The Hall–Kier alpha value is -2.60. The third kappa shape index (κ3) is 4.17. The molecule has 0 unspecified atom stereocenters. The van der Waals surface area contributed by atoms with Gasteiger partial charge in [-0.2, -0.15) is 0 Å². The number of aromatic nitrogens is 2. The fourth-order valence-electron chi connectivity index (χ4n) is 7.00. The first kappa shape index (κ1) is 21.9. The lowest BCUT2D eigenvalue weighted by Gasteiger charge is -2.56. The zero-order chi connectivity index (χ0) is 23.3. The number of fused-ring (bicyclic) bond motifs is 1. The normalized spacial score (nSPS) is 27.3. The number of thioether (sulfide) groups is 1. The molecule has 1 N–H and O–H groups in total. The first-order valence-electron chi connectivity index (χ1n) is 12.5. The highest BCUT2D eigenvalue weighted by molar-refractivity contribution is 7.99. The second-order valence-corrected chi connectivity index (χ2v) is 11.8. The summed E-state index contributed by atoms with van der Waals surface area (Å²) in [7, 11) is 0. The number of aryl methyl sites for hydroxylation is 1. The van der Waals surface area contributed by atoms with Gasteiger partial charge >= 0.3 is 0 Å². The third-order valence-corrected chi connectivity index (χ3v) is 9.04. The Morgan fingerprint density at radius 3 is 2.35 bits per heavy atom. The molecule has 4 aliphatic carbocycles. The van der Waals surface area contributed by atoms with Crippen LogP contribution in [-0.4, -0.2) is 26.8 Å². The predicted octanol–water partition coefficient (Wildman–Crippen LogP) is 4.93. The summed E-state index contributed by atoms with van der Waals surface area (Å²) < 4.78 is 1.72. The molecule has 0 atom stereocenters. The SMILES string of the molecule is Cc1ccc(Cn2c(SCC(=O)NC34CC5CC(CC(C5)C3)C4)nc3ccccc3c2=O)cc1. The molecule has 6 heteroatoms. The summed E-state index contributed by atoms with van der Waals surface area (Å²) in [5.41, 5.74) is 2.85. The molecule has 1 amide bonds. The van der Waals surface area contributed by atoms with Crippen LogP contribution in [0.5, 0.6) is 0 Å². The summed E-state index contributed by atoms with van der Waals surface area (Å²) in [4.78, 5) is 31.3. The lowest BCUT2D eigenvalue weighted by atomic mass is 9.53. The quantitative estimate of drug-likeness (QED) is 0.407. The van der Waals surface area contributed by atoms with Crippen LogP contribution in [0.4, 0.5) is 0 Å². The van der Waals surface area contributed by atoms with E-state index < -0.39 is 0 Å². The molecule has 5 nitrogen and oxygen atoms in total. The van der Waals surface area contributed by atoms with Gasteiger partial charge in [-0.15, -0.1) is 0 Å². The van der Waals surface area contributed by atoms with E-state index in [0.29, 0.717) is 22.6 Å². The minimum absolute atomic E-state index is 0.00473. The van der Waals surface area contributed by atoms with Crippen LogP contribution in [0.1, 0.15) is 49.7 Å². The molecule has 0 aliphatic heterocycles. The lowest BCUT2D eigenvalue weighted by molar-refractivity contribution is -0.124. The zero-order valence-corrected chi connectivity index (χ0v) is 20.4. The molecule has 1 aromatic heterocycles. The van der Waals surface area contributed by atoms with Crippen molar-refractivity contribution >= 4 is 28.6 Å². The van der Waals surface area contributed by atoms with Crippen LogP contribution in [0.2, 0.25) is 0 Å². The van der Waals surface area contributed by atoms with Crippen LogP contribution in [-0.2, 0) is 11.3 Å². The zero-order valence-electron chi connectivity index (χ0n) is 19.6. The minimum atomic E-state index is -0.0600. The Morgan fingerprint density at radius 1 is 1.03 bits per heavy atom. The lowest BCUT2D eigenvalue weighted by Crippen LogP contribution is -2.60. The second-order valence-electron chi connectivity index (χ2n) is 10.8.